The molecule has 0 N–H and O–H groups in total. The van der Waals surface area contributed by atoms with Gasteiger partial charge in [-0.15, -0.1) is 0 Å². The van der Waals surface area contributed by atoms with Gasteiger partial charge in [-0.1, -0.05) is 31.0 Å². The summed E-state index contributed by atoms with van der Waals surface area (Å²) in [6.45, 7) is 5.63. The van der Waals surface area contributed by atoms with Crippen molar-refractivity contribution in [1.82, 2.24) is 4.31 Å². The van der Waals surface area contributed by atoms with Crippen LogP contribution in [0.3, 0.4) is 0 Å². The Morgan fingerprint density at radius 3 is 2.32 bits per heavy atom. The molecule has 0 amide bonds. The number of hydrogen-bond donors (Lipinski definition) is 0. The molecule has 2 fully saturated rings. The summed E-state index contributed by atoms with van der Waals surface area (Å²) in [4.78, 5) is 0.430. The van der Waals surface area contributed by atoms with Crippen molar-refractivity contribution in [2.24, 2.45) is 11.3 Å². The van der Waals surface area contributed by atoms with Crippen molar-refractivity contribution in [3.63, 3.8) is 0 Å². The van der Waals surface area contributed by atoms with Gasteiger partial charge in [0.1, 0.15) is 0 Å². The van der Waals surface area contributed by atoms with E-state index in [1.54, 1.807) is 16.4 Å². The average molecular weight is 279 g/mol. The maximum atomic E-state index is 12.4. The van der Waals surface area contributed by atoms with Gasteiger partial charge < -0.3 is 0 Å². The molecule has 1 aliphatic heterocycles. The Labute approximate surface area is 115 Å². The standard InChI is InChI=1S/C15H21NO2S/c1-3-13-8-15(9-13)10-16(11-15)19(17,18)14-6-4-12(2)5-7-14/h4-7,13H,3,8-11H2,1-2H3. The molecule has 1 aromatic carbocycles. The van der Waals surface area contributed by atoms with E-state index in [0.29, 0.717) is 10.3 Å². The topological polar surface area (TPSA) is 37.4 Å². The summed E-state index contributed by atoms with van der Waals surface area (Å²) < 4.78 is 26.5. The van der Waals surface area contributed by atoms with Gasteiger partial charge in [-0.05, 0) is 43.2 Å². The van der Waals surface area contributed by atoms with E-state index in [0.717, 1.165) is 24.6 Å². The molecule has 4 heteroatoms. The zero-order valence-electron chi connectivity index (χ0n) is 11.6. The molecule has 3 nitrogen and oxygen atoms in total. The molecular weight excluding hydrogens is 258 g/mol. The molecule has 0 radical (unpaired) electrons. The first kappa shape index (κ1) is 13.1. The largest absolute Gasteiger partial charge is 0.243 e. The van der Waals surface area contributed by atoms with Crippen LogP contribution in [0.1, 0.15) is 31.7 Å². The number of sulfonamides is 1. The summed E-state index contributed by atoms with van der Waals surface area (Å²) in [5.74, 6) is 0.823. The smallest absolute Gasteiger partial charge is 0.207 e. The summed E-state index contributed by atoms with van der Waals surface area (Å²) in [6, 6.07) is 7.15. The number of rotatable bonds is 3. The first-order valence-electron chi connectivity index (χ1n) is 7.02. The fourth-order valence-electron chi connectivity index (χ4n) is 3.44. The van der Waals surface area contributed by atoms with Crippen molar-refractivity contribution in [3.05, 3.63) is 29.8 Å². The molecule has 1 heterocycles. The Hall–Kier alpha value is -0.870. The van der Waals surface area contributed by atoms with Crippen LogP contribution in [-0.4, -0.2) is 25.8 Å². The van der Waals surface area contributed by atoms with Crippen LogP contribution in [0.4, 0.5) is 0 Å². The van der Waals surface area contributed by atoms with E-state index in [-0.39, 0.29) is 0 Å². The molecule has 104 valence electrons. The van der Waals surface area contributed by atoms with Crippen molar-refractivity contribution in [1.29, 1.82) is 0 Å². The molecular formula is C15H21NO2S. The van der Waals surface area contributed by atoms with Crippen LogP contribution in [0.15, 0.2) is 29.2 Å². The number of aryl methyl sites for hydroxylation is 1. The first-order valence-corrected chi connectivity index (χ1v) is 8.46. The van der Waals surface area contributed by atoms with Crippen molar-refractivity contribution in [3.8, 4) is 0 Å². The third kappa shape index (κ3) is 2.11. The lowest BCUT2D eigenvalue weighted by Crippen LogP contribution is -2.63. The Balaban J connectivity index is 1.69. The minimum atomic E-state index is -3.26. The minimum Gasteiger partial charge on any atom is -0.207 e. The molecule has 1 saturated heterocycles. The van der Waals surface area contributed by atoms with Crippen molar-refractivity contribution < 1.29 is 8.42 Å². The van der Waals surface area contributed by atoms with Gasteiger partial charge in [0, 0.05) is 13.1 Å². The van der Waals surface area contributed by atoms with Gasteiger partial charge in [0.15, 0.2) is 0 Å². The van der Waals surface area contributed by atoms with Crippen LogP contribution in [0.25, 0.3) is 0 Å². The summed E-state index contributed by atoms with van der Waals surface area (Å²) in [5.41, 5.74) is 1.40. The second-order valence-electron chi connectivity index (χ2n) is 6.27. The van der Waals surface area contributed by atoms with Crippen LogP contribution in [0, 0.1) is 18.3 Å². The predicted molar refractivity (Wildman–Crippen MR) is 75.4 cm³/mol. The summed E-state index contributed by atoms with van der Waals surface area (Å²) in [6.07, 6.45) is 3.65. The maximum absolute atomic E-state index is 12.4. The first-order chi connectivity index (χ1) is 8.95. The molecule has 0 unspecified atom stereocenters. The molecule has 1 spiro atoms. The zero-order chi connectivity index (χ0) is 13.7. The van der Waals surface area contributed by atoms with E-state index in [2.05, 4.69) is 6.92 Å². The predicted octanol–water partition coefficient (Wildman–Crippen LogP) is 2.81. The Morgan fingerprint density at radius 2 is 1.79 bits per heavy atom. The normalized spacial score (nSPS) is 23.1. The average Bonchev–Trinajstić information content (AvgIpc) is 2.26. The molecule has 1 aromatic rings. The highest BCUT2D eigenvalue weighted by atomic mass is 32.2. The van der Waals surface area contributed by atoms with E-state index < -0.39 is 10.0 Å². The third-order valence-electron chi connectivity index (χ3n) is 4.70. The molecule has 0 bridgehead atoms. The van der Waals surface area contributed by atoms with Gasteiger partial charge >= 0.3 is 0 Å². The van der Waals surface area contributed by atoms with Crippen LogP contribution >= 0.6 is 0 Å². The highest BCUT2D eigenvalue weighted by molar-refractivity contribution is 7.89. The Kier molecular flexibility index (Phi) is 2.98. The molecule has 2 aliphatic rings. The SMILES string of the molecule is CCC1CC2(C1)CN(S(=O)(=O)c1ccc(C)cc1)C2. The molecule has 1 saturated carbocycles. The van der Waals surface area contributed by atoms with Crippen LogP contribution in [0.2, 0.25) is 0 Å². The van der Waals surface area contributed by atoms with Gasteiger partial charge in [0.05, 0.1) is 4.90 Å². The second-order valence-corrected chi connectivity index (χ2v) is 8.21. The molecule has 3 rings (SSSR count). The van der Waals surface area contributed by atoms with E-state index in [9.17, 15) is 8.42 Å². The Bertz CT molecular complexity index is 563. The molecule has 0 aromatic heterocycles. The fraction of sp³-hybridized carbons (Fsp3) is 0.600. The summed E-state index contributed by atoms with van der Waals surface area (Å²) in [7, 11) is -3.26. The maximum Gasteiger partial charge on any atom is 0.243 e. The highest BCUT2D eigenvalue weighted by Crippen LogP contribution is 2.54. The lowest BCUT2D eigenvalue weighted by Gasteiger charge is -2.58. The van der Waals surface area contributed by atoms with Crippen LogP contribution in [-0.2, 0) is 10.0 Å². The van der Waals surface area contributed by atoms with Gasteiger partial charge in [-0.25, -0.2) is 8.42 Å². The van der Waals surface area contributed by atoms with E-state index >= 15 is 0 Å². The van der Waals surface area contributed by atoms with Crippen molar-refractivity contribution >= 4 is 10.0 Å². The summed E-state index contributed by atoms with van der Waals surface area (Å²) in [5, 5.41) is 0. The van der Waals surface area contributed by atoms with E-state index in [4.69, 9.17) is 0 Å². The fourth-order valence-corrected chi connectivity index (χ4v) is 5.11. The molecule has 19 heavy (non-hydrogen) atoms. The van der Waals surface area contributed by atoms with Crippen molar-refractivity contribution in [2.45, 2.75) is 38.0 Å². The lowest BCUT2D eigenvalue weighted by molar-refractivity contribution is -0.0535. The monoisotopic (exact) mass is 279 g/mol. The van der Waals surface area contributed by atoms with Gasteiger partial charge in [0.25, 0.3) is 0 Å². The van der Waals surface area contributed by atoms with Gasteiger partial charge in [0.2, 0.25) is 10.0 Å². The lowest BCUT2D eigenvalue weighted by atomic mass is 9.58. The van der Waals surface area contributed by atoms with Gasteiger partial charge in [-0.2, -0.15) is 4.31 Å². The molecule has 0 atom stereocenters. The number of hydrogen-bond acceptors (Lipinski definition) is 2. The second kappa shape index (κ2) is 4.32. The van der Waals surface area contributed by atoms with E-state index in [1.807, 2.05) is 19.1 Å². The molecule has 1 aliphatic carbocycles. The zero-order valence-corrected chi connectivity index (χ0v) is 12.4. The minimum absolute atomic E-state index is 0.318. The third-order valence-corrected chi connectivity index (χ3v) is 6.51. The van der Waals surface area contributed by atoms with Crippen molar-refractivity contribution in [2.75, 3.05) is 13.1 Å². The summed E-state index contributed by atoms with van der Waals surface area (Å²) >= 11 is 0. The quantitative estimate of drug-likeness (QED) is 0.853. The van der Waals surface area contributed by atoms with Gasteiger partial charge in [-0.3, -0.25) is 0 Å². The van der Waals surface area contributed by atoms with E-state index in [1.165, 1.54) is 19.3 Å². The highest BCUT2D eigenvalue weighted by Gasteiger charge is 2.54. The van der Waals surface area contributed by atoms with Crippen LogP contribution in [0.5, 0.6) is 0 Å². The number of nitrogens with zero attached hydrogens (tertiary/aromatic N) is 1. The number of benzene rings is 1. The Morgan fingerprint density at radius 1 is 1.21 bits per heavy atom. The van der Waals surface area contributed by atoms with Crippen LogP contribution < -0.4 is 0 Å².